The molecule has 1 amide bonds. The van der Waals surface area contributed by atoms with E-state index in [1.54, 1.807) is 47.6 Å². The summed E-state index contributed by atoms with van der Waals surface area (Å²) in [6, 6.07) is 14.5. The van der Waals surface area contributed by atoms with E-state index in [2.05, 4.69) is 41.6 Å². The SMILES string of the molecule is CC1=C(C(=O)Nc2cccnc2)[C@@H](c2ccc(Br)cc2)n2nc(-c3ccco3)nc2N1. The van der Waals surface area contributed by atoms with Gasteiger partial charge in [-0.3, -0.25) is 9.78 Å². The number of allylic oxidation sites excluding steroid dienone is 1. The molecule has 0 radical (unpaired) electrons. The molecular formula is C22H17BrN6O2. The molecule has 1 aliphatic heterocycles. The fourth-order valence-corrected chi connectivity index (χ4v) is 3.81. The van der Waals surface area contributed by atoms with E-state index in [1.165, 1.54) is 0 Å². The van der Waals surface area contributed by atoms with E-state index in [0.29, 0.717) is 34.5 Å². The van der Waals surface area contributed by atoms with Crippen molar-refractivity contribution in [3.63, 3.8) is 0 Å². The number of carbonyl (C=O) groups excluding carboxylic acids is 1. The zero-order chi connectivity index (χ0) is 21.4. The minimum atomic E-state index is -0.475. The van der Waals surface area contributed by atoms with Crippen LogP contribution in [0, 0.1) is 0 Å². The minimum Gasteiger partial charge on any atom is -0.461 e. The molecule has 0 unspecified atom stereocenters. The number of nitrogens with one attached hydrogen (secondary N) is 2. The van der Waals surface area contributed by atoms with Crippen LogP contribution in [0.2, 0.25) is 0 Å². The van der Waals surface area contributed by atoms with E-state index in [4.69, 9.17) is 4.42 Å². The first-order chi connectivity index (χ1) is 15.1. The summed E-state index contributed by atoms with van der Waals surface area (Å²) in [5.74, 6) is 1.29. The molecule has 0 aliphatic carbocycles. The summed E-state index contributed by atoms with van der Waals surface area (Å²) in [6.45, 7) is 1.86. The molecule has 5 rings (SSSR count). The normalized spacial score (nSPS) is 15.4. The number of carbonyl (C=O) groups is 1. The Morgan fingerprint density at radius 3 is 2.74 bits per heavy atom. The third-order valence-electron chi connectivity index (χ3n) is 4.94. The van der Waals surface area contributed by atoms with Gasteiger partial charge in [-0.2, -0.15) is 4.98 Å². The smallest absolute Gasteiger partial charge is 0.255 e. The summed E-state index contributed by atoms with van der Waals surface area (Å²) in [4.78, 5) is 22.0. The van der Waals surface area contributed by atoms with E-state index in [0.717, 1.165) is 10.0 Å². The molecule has 0 saturated heterocycles. The second kappa shape index (κ2) is 7.84. The van der Waals surface area contributed by atoms with Crippen molar-refractivity contribution in [2.24, 2.45) is 0 Å². The first-order valence-electron chi connectivity index (χ1n) is 9.55. The Morgan fingerprint density at radius 1 is 1.19 bits per heavy atom. The molecule has 0 spiro atoms. The highest BCUT2D eigenvalue weighted by Crippen LogP contribution is 2.37. The minimum absolute atomic E-state index is 0.244. The molecule has 2 N–H and O–H groups in total. The Morgan fingerprint density at radius 2 is 2.03 bits per heavy atom. The van der Waals surface area contributed by atoms with E-state index >= 15 is 0 Å². The van der Waals surface area contributed by atoms with Crippen molar-refractivity contribution in [2.45, 2.75) is 13.0 Å². The van der Waals surface area contributed by atoms with Crippen molar-refractivity contribution < 1.29 is 9.21 Å². The standard InChI is InChI=1S/C22H17BrN6O2/c1-13-18(21(30)26-16-4-2-10-24-12-16)19(14-6-8-15(23)9-7-14)29-22(25-13)27-20(28-29)17-5-3-11-31-17/h2-12,19H,1H3,(H,26,30)(H,25,27,28)/t19-/m1/s1. The zero-order valence-corrected chi connectivity index (χ0v) is 18.0. The molecule has 9 heteroatoms. The zero-order valence-electron chi connectivity index (χ0n) is 16.4. The number of benzene rings is 1. The third kappa shape index (κ3) is 3.64. The number of amides is 1. The topological polar surface area (TPSA) is 97.9 Å². The molecular weight excluding hydrogens is 460 g/mol. The van der Waals surface area contributed by atoms with Crippen molar-refractivity contribution in [2.75, 3.05) is 10.6 Å². The Hall–Kier alpha value is -3.72. The van der Waals surface area contributed by atoms with Crippen molar-refractivity contribution in [1.29, 1.82) is 0 Å². The van der Waals surface area contributed by atoms with Gasteiger partial charge in [0.25, 0.3) is 5.91 Å². The number of pyridine rings is 1. The van der Waals surface area contributed by atoms with Gasteiger partial charge in [-0.1, -0.05) is 28.1 Å². The molecule has 154 valence electrons. The largest absolute Gasteiger partial charge is 0.461 e. The highest BCUT2D eigenvalue weighted by molar-refractivity contribution is 9.10. The molecule has 31 heavy (non-hydrogen) atoms. The molecule has 0 fully saturated rings. The lowest BCUT2D eigenvalue weighted by molar-refractivity contribution is -0.113. The molecule has 0 saturated carbocycles. The number of fused-ring (bicyclic) bond motifs is 1. The van der Waals surface area contributed by atoms with E-state index in [9.17, 15) is 4.79 Å². The number of aromatic nitrogens is 4. The first kappa shape index (κ1) is 19.3. The third-order valence-corrected chi connectivity index (χ3v) is 5.47. The van der Waals surface area contributed by atoms with Gasteiger partial charge in [0, 0.05) is 16.4 Å². The first-order valence-corrected chi connectivity index (χ1v) is 10.3. The summed E-state index contributed by atoms with van der Waals surface area (Å²) >= 11 is 3.47. The van der Waals surface area contributed by atoms with Crippen molar-refractivity contribution in [3.8, 4) is 11.6 Å². The second-order valence-corrected chi connectivity index (χ2v) is 7.91. The second-order valence-electron chi connectivity index (χ2n) is 6.99. The van der Waals surface area contributed by atoms with Gasteiger partial charge < -0.3 is 15.1 Å². The Bertz CT molecular complexity index is 1260. The van der Waals surface area contributed by atoms with Gasteiger partial charge >= 0.3 is 0 Å². The summed E-state index contributed by atoms with van der Waals surface area (Å²) in [7, 11) is 0. The molecule has 1 aliphatic rings. The predicted molar refractivity (Wildman–Crippen MR) is 119 cm³/mol. The van der Waals surface area contributed by atoms with Gasteiger partial charge in [0.05, 0.1) is 23.7 Å². The van der Waals surface area contributed by atoms with Gasteiger partial charge in [-0.05, 0) is 48.9 Å². The van der Waals surface area contributed by atoms with Gasteiger partial charge in [0.2, 0.25) is 11.8 Å². The maximum absolute atomic E-state index is 13.3. The Kier molecular flexibility index (Phi) is 4.87. The van der Waals surface area contributed by atoms with Gasteiger partial charge in [0.1, 0.15) is 6.04 Å². The number of furan rings is 1. The Labute approximate surface area is 186 Å². The van der Waals surface area contributed by atoms with Crippen molar-refractivity contribution >= 4 is 33.5 Å². The summed E-state index contributed by atoms with van der Waals surface area (Å²) < 4.78 is 8.12. The maximum atomic E-state index is 13.3. The van der Waals surface area contributed by atoms with Crippen LogP contribution in [0.4, 0.5) is 11.6 Å². The molecule has 4 heterocycles. The van der Waals surface area contributed by atoms with E-state index in [1.807, 2.05) is 31.2 Å². The molecule has 1 atom stereocenters. The van der Waals surface area contributed by atoms with Crippen LogP contribution in [-0.2, 0) is 4.79 Å². The highest BCUT2D eigenvalue weighted by Gasteiger charge is 2.34. The van der Waals surface area contributed by atoms with Crippen LogP contribution in [-0.4, -0.2) is 25.7 Å². The monoisotopic (exact) mass is 476 g/mol. The predicted octanol–water partition coefficient (Wildman–Crippen LogP) is 4.62. The molecule has 0 bridgehead atoms. The van der Waals surface area contributed by atoms with Crippen molar-refractivity contribution in [1.82, 2.24) is 19.7 Å². The lowest BCUT2D eigenvalue weighted by Gasteiger charge is -2.28. The summed E-state index contributed by atoms with van der Waals surface area (Å²) in [5, 5.41) is 10.8. The van der Waals surface area contributed by atoms with Gasteiger partial charge in [-0.25, -0.2) is 4.68 Å². The number of hydrogen-bond acceptors (Lipinski definition) is 6. The lowest BCUT2D eigenvalue weighted by Crippen LogP contribution is -2.31. The van der Waals surface area contributed by atoms with Gasteiger partial charge in [0.15, 0.2) is 5.76 Å². The molecule has 8 nitrogen and oxygen atoms in total. The number of hydrogen-bond donors (Lipinski definition) is 2. The summed E-state index contributed by atoms with van der Waals surface area (Å²) in [6.07, 6.45) is 4.84. The molecule has 4 aromatic rings. The van der Waals surface area contributed by atoms with Crippen LogP contribution in [0.3, 0.4) is 0 Å². The number of rotatable bonds is 4. The molecule has 3 aromatic heterocycles. The molecule has 1 aromatic carbocycles. The van der Waals surface area contributed by atoms with Crippen LogP contribution in [0.25, 0.3) is 11.6 Å². The quantitative estimate of drug-likeness (QED) is 0.445. The van der Waals surface area contributed by atoms with Crippen LogP contribution < -0.4 is 10.6 Å². The van der Waals surface area contributed by atoms with Gasteiger partial charge in [-0.15, -0.1) is 5.10 Å². The van der Waals surface area contributed by atoms with E-state index in [-0.39, 0.29) is 5.91 Å². The van der Waals surface area contributed by atoms with Crippen LogP contribution in [0.1, 0.15) is 18.5 Å². The number of anilines is 2. The van der Waals surface area contributed by atoms with Crippen LogP contribution in [0.15, 0.2) is 87.3 Å². The fraction of sp³-hybridized carbons (Fsp3) is 0.0909. The van der Waals surface area contributed by atoms with Crippen LogP contribution >= 0.6 is 15.9 Å². The van der Waals surface area contributed by atoms with E-state index < -0.39 is 6.04 Å². The Balaban J connectivity index is 1.60. The summed E-state index contributed by atoms with van der Waals surface area (Å²) in [5.41, 5.74) is 2.75. The maximum Gasteiger partial charge on any atom is 0.255 e. The fourth-order valence-electron chi connectivity index (χ4n) is 3.54. The number of nitrogens with zero attached hydrogens (tertiary/aromatic N) is 4. The lowest BCUT2D eigenvalue weighted by atomic mass is 9.95. The van der Waals surface area contributed by atoms with Crippen LogP contribution in [0.5, 0.6) is 0 Å². The highest BCUT2D eigenvalue weighted by atomic mass is 79.9. The van der Waals surface area contributed by atoms with Crippen molar-refractivity contribution in [3.05, 3.63) is 88.5 Å². The number of halogens is 1. The average Bonchev–Trinajstić information content (AvgIpc) is 3.44. The average molecular weight is 477 g/mol.